The van der Waals surface area contributed by atoms with Gasteiger partial charge in [0, 0.05) is 17.2 Å². The Morgan fingerprint density at radius 1 is 1.27 bits per heavy atom. The molecule has 1 aromatic carbocycles. The van der Waals surface area contributed by atoms with E-state index in [1.54, 1.807) is 0 Å². The Morgan fingerprint density at radius 2 is 1.80 bits per heavy atom. The minimum absolute atomic E-state index is 0.253. The van der Waals surface area contributed by atoms with Crippen LogP contribution in [0.3, 0.4) is 0 Å². The van der Waals surface area contributed by atoms with Crippen LogP contribution in [0, 0.1) is 0 Å². The van der Waals surface area contributed by atoms with Crippen molar-refractivity contribution >= 4 is 11.6 Å². The van der Waals surface area contributed by atoms with Crippen LogP contribution in [-0.2, 0) is 15.3 Å². The molecule has 1 atom stereocenters. The van der Waals surface area contributed by atoms with Crippen LogP contribution in [0.5, 0.6) is 0 Å². The number of hydrogen-bond acceptors (Lipinski definition) is 2. The van der Waals surface area contributed by atoms with E-state index in [9.17, 15) is 0 Å². The van der Waals surface area contributed by atoms with Crippen LogP contribution in [0.15, 0.2) is 24.3 Å². The van der Waals surface area contributed by atoms with Gasteiger partial charge in [0.2, 0.25) is 5.79 Å². The number of halogens is 1. The summed E-state index contributed by atoms with van der Waals surface area (Å²) in [7, 11) is 0. The maximum Gasteiger partial charge on any atom is 0.225 e. The average Bonchev–Trinajstić information content (AvgIpc) is 2.71. The van der Waals surface area contributed by atoms with Gasteiger partial charge in [0.1, 0.15) is 5.60 Å². The first-order chi connectivity index (χ1) is 7.02. The zero-order chi connectivity index (χ0) is 11.1. The number of hydrogen-bond donors (Lipinski definition) is 0. The number of epoxide rings is 1. The van der Waals surface area contributed by atoms with E-state index in [1.807, 2.05) is 45.0 Å². The Kier molecular flexibility index (Phi) is 2.53. The first kappa shape index (κ1) is 10.9. The molecule has 82 valence electrons. The highest BCUT2D eigenvalue weighted by molar-refractivity contribution is 6.30. The zero-order valence-corrected chi connectivity index (χ0v) is 9.97. The molecule has 15 heavy (non-hydrogen) atoms. The fourth-order valence-corrected chi connectivity index (χ4v) is 2.03. The number of benzene rings is 1. The van der Waals surface area contributed by atoms with Crippen molar-refractivity contribution in [1.29, 1.82) is 0 Å². The Labute approximate surface area is 95.1 Å². The van der Waals surface area contributed by atoms with Crippen LogP contribution >= 0.6 is 11.6 Å². The number of rotatable bonds is 3. The van der Waals surface area contributed by atoms with Crippen LogP contribution in [0.1, 0.15) is 26.3 Å². The molecule has 0 amide bonds. The van der Waals surface area contributed by atoms with Crippen molar-refractivity contribution in [1.82, 2.24) is 0 Å². The van der Waals surface area contributed by atoms with Gasteiger partial charge in [0.15, 0.2) is 0 Å². The van der Waals surface area contributed by atoms with Crippen molar-refractivity contribution in [2.45, 2.75) is 32.2 Å². The van der Waals surface area contributed by atoms with E-state index >= 15 is 0 Å². The molecular weight excluding hydrogens is 212 g/mol. The van der Waals surface area contributed by atoms with Gasteiger partial charge in [-0.05, 0) is 32.9 Å². The second-order valence-electron chi connectivity index (χ2n) is 4.17. The van der Waals surface area contributed by atoms with Gasteiger partial charge in [-0.3, -0.25) is 0 Å². The Morgan fingerprint density at radius 3 is 2.20 bits per heavy atom. The second-order valence-corrected chi connectivity index (χ2v) is 4.61. The fourth-order valence-electron chi connectivity index (χ4n) is 1.90. The molecule has 2 rings (SSSR count). The maximum atomic E-state index is 5.85. The van der Waals surface area contributed by atoms with Crippen molar-refractivity contribution in [3.8, 4) is 0 Å². The van der Waals surface area contributed by atoms with Gasteiger partial charge in [0.25, 0.3) is 0 Å². The third kappa shape index (κ3) is 1.67. The van der Waals surface area contributed by atoms with Gasteiger partial charge >= 0.3 is 0 Å². The minimum atomic E-state index is -0.577. The Balaban J connectivity index is 2.32. The zero-order valence-electron chi connectivity index (χ0n) is 9.21. The van der Waals surface area contributed by atoms with E-state index < -0.39 is 5.79 Å². The van der Waals surface area contributed by atoms with Crippen molar-refractivity contribution in [3.05, 3.63) is 34.9 Å². The van der Waals surface area contributed by atoms with Gasteiger partial charge in [-0.25, -0.2) is 0 Å². The lowest BCUT2D eigenvalue weighted by molar-refractivity contribution is -0.0428. The predicted octanol–water partition coefficient (Wildman–Crippen LogP) is 3.34. The molecule has 2 nitrogen and oxygen atoms in total. The lowest BCUT2D eigenvalue weighted by Gasteiger charge is -2.15. The number of ether oxygens (including phenoxy) is 2. The highest BCUT2D eigenvalue weighted by Crippen LogP contribution is 2.56. The molecule has 3 heteroatoms. The summed E-state index contributed by atoms with van der Waals surface area (Å²) < 4.78 is 11.4. The highest BCUT2D eigenvalue weighted by Gasteiger charge is 2.66. The summed E-state index contributed by atoms with van der Waals surface area (Å²) in [5, 5.41) is 0.726. The van der Waals surface area contributed by atoms with Gasteiger partial charge in [0.05, 0.1) is 0 Å². The quantitative estimate of drug-likeness (QED) is 0.738. The molecule has 1 unspecified atom stereocenters. The first-order valence-electron chi connectivity index (χ1n) is 5.12. The van der Waals surface area contributed by atoms with Gasteiger partial charge in [-0.15, -0.1) is 0 Å². The van der Waals surface area contributed by atoms with Crippen LogP contribution in [0.2, 0.25) is 5.02 Å². The predicted molar refractivity (Wildman–Crippen MR) is 59.9 cm³/mol. The van der Waals surface area contributed by atoms with Crippen molar-refractivity contribution in [3.63, 3.8) is 0 Å². The van der Waals surface area contributed by atoms with Gasteiger partial charge in [-0.1, -0.05) is 23.7 Å². The van der Waals surface area contributed by atoms with E-state index in [2.05, 4.69) is 0 Å². The molecule has 1 fully saturated rings. The van der Waals surface area contributed by atoms with Crippen LogP contribution in [0.4, 0.5) is 0 Å². The Bertz CT molecular complexity index is 358. The first-order valence-corrected chi connectivity index (χ1v) is 5.50. The summed E-state index contributed by atoms with van der Waals surface area (Å²) >= 11 is 5.85. The van der Waals surface area contributed by atoms with Crippen LogP contribution in [-0.4, -0.2) is 12.2 Å². The van der Waals surface area contributed by atoms with Crippen LogP contribution in [0.25, 0.3) is 0 Å². The maximum absolute atomic E-state index is 5.85. The molecule has 0 N–H and O–H groups in total. The topological polar surface area (TPSA) is 21.8 Å². The van der Waals surface area contributed by atoms with E-state index in [4.69, 9.17) is 21.1 Å². The summed E-state index contributed by atoms with van der Waals surface area (Å²) in [6, 6.07) is 7.62. The molecule has 1 saturated heterocycles. The molecule has 0 spiro atoms. The molecule has 0 bridgehead atoms. The normalized spacial score (nSPS) is 27.7. The minimum Gasteiger partial charge on any atom is -0.344 e. The fraction of sp³-hybridized carbons (Fsp3) is 0.500. The lowest BCUT2D eigenvalue weighted by atomic mass is 9.99. The van der Waals surface area contributed by atoms with E-state index in [-0.39, 0.29) is 5.60 Å². The largest absolute Gasteiger partial charge is 0.344 e. The second kappa shape index (κ2) is 3.48. The summed E-state index contributed by atoms with van der Waals surface area (Å²) in [6.07, 6.45) is 0. The van der Waals surface area contributed by atoms with Crippen molar-refractivity contribution in [2.75, 3.05) is 6.61 Å². The summed E-state index contributed by atoms with van der Waals surface area (Å²) in [5.41, 5.74) is 0.773. The molecule has 0 aromatic heterocycles. The lowest BCUT2D eigenvalue weighted by Crippen LogP contribution is -2.22. The van der Waals surface area contributed by atoms with Crippen LogP contribution < -0.4 is 0 Å². The van der Waals surface area contributed by atoms with Crippen molar-refractivity contribution < 1.29 is 9.47 Å². The van der Waals surface area contributed by atoms with E-state index in [1.165, 1.54) is 0 Å². The van der Waals surface area contributed by atoms with Gasteiger partial charge in [-0.2, -0.15) is 0 Å². The van der Waals surface area contributed by atoms with E-state index in [0.29, 0.717) is 6.61 Å². The summed E-state index contributed by atoms with van der Waals surface area (Å²) in [4.78, 5) is 0. The monoisotopic (exact) mass is 226 g/mol. The summed E-state index contributed by atoms with van der Waals surface area (Å²) in [6.45, 7) is 6.65. The smallest absolute Gasteiger partial charge is 0.225 e. The molecule has 1 aromatic rings. The van der Waals surface area contributed by atoms with E-state index in [0.717, 1.165) is 10.6 Å². The highest BCUT2D eigenvalue weighted by atomic mass is 35.5. The standard InChI is InChI=1S/C12H15ClO2/c1-4-14-12(11(2,3)15-12)9-5-7-10(13)8-6-9/h5-8H,4H2,1-3H3. The van der Waals surface area contributed by atoms with Gasteiger partial charge < -0.3 is 9.47 Å². The molecule has 0 radical (unpaired) electrons. The molecule has 1 heterocycles. The molecule has 0 saturated carbocycles. The summed E-state index contributed by atoms with van der Waals surface area (Å²) in [5.74, 6) is -0.577. The average molecular weight is 227 g/mol. The molecule has 1 aliphatic rings. The Hall–Kier alpha value is -0.570. The third-order valence-corrected chi connectivity index (χ3v) is 2.97. The SMILES string of the molecule is CCOC1(c2ccc(Cl)cc2)OC1(C)C. The molecule has 0 aliphatic carbocycles. The molecule has 1 aliphatic heterocycles. The van der Waals surface area contributed by atoms with Crippen molar-refractivity contribution in [2.24, 2.45) is 0 Å². The molecular formula is C12H15ClO2. The third-order valence-electron chi connectivity index (χ3n) is 2.72.